The molecular formula is C21H17N5O4S. The number of carbonyl (C=O) groups excluding carboxylic acids is 1. The molecule has 1 N–H and O–H groups in total. The van der Waals surface area contributed by atoms with E-state index in [4.69, 9.17) is 4.42 Å². The first-order valence-corrected chi connectivity index (χ1v) is 10.2. The zero-order valence-electron chi connectivity index (χ0n) is 16.3. The summed E-state index contributed by atoms with van der Waals surface area (Å²) in [6.07, 6.45) is 1.56. The summed E-state index contributed by atoms with van der Waals surface area (Å²) in [5.41, 5.74) is 1.27. The average Bonchev–Trinajstić information content (AvgIpc) is 3.44. The smallest absolute Gasteiger partial charge is 0.269 e. The number of rotatable bonds is 7. The highest BCUT2D eigenvalue weighted by atomic mass is 32.2. The standard InChI is InChI=1S/C21H17N5O4S/c1-14(20(27)22-15-9-11-17(12-10-15)26(28)29)31-21-24-23-19(18-8-5-13-30-18)25(21)16-6-3-2-4-7-16/h2-14H,1H3,(H,22,27)/t14-/m1/s1. The molecule has 0 aliphatic heterocycles. The fraction of sp³-hybridized carbons (Fsp3) is 0.0952. The Morgan fingerprint density at radius 3 is 2.48 bits per heavy atom. The highest BCUT2D eigenvalue weighted by Crippen LogP contribution is 2.30. The first-order chi connectivity index (χ1) is 15.0. The minimum Gasteiger partial charge on any atom is -0.461 e. The molecule has 2 heterocycles. The fourth-order valence-corrected chi connectivity index (χ4v) is 3.71. The normalized spacial score (nSPS) is 11.8. The number of benzene rings is 2. The first kappa shape index (κ1) is 20.4. The summed E-state index contributed by atoms with van der Waals surface area (Å²) in [5.74, 6) is 0.828. The van der Waals surface area contributed by atoms with Crippen LogP contribution in [0.1, 0.15) is 6.92 Å². The van der Waals surface area contributed by atoms with E-state index in [1.165, 1.54) is 36.0 Å². The molecule has 9 nitrogen and oxygen atoms in total. The number of aromatic nitrogens is 3. The summed E-state index contributed by atoms with van der Waals surface area (Å²) in [4.78, 5) is 23.0. The van der Waals surface area contributed by atoms with Crippen molar-refractivity contribution in [3.8, 4) is 17.3 Å². The van der Waals surface area contributed by atoms with Gasteiger partial charge in [0.05, 0.1) is 16.4 Å². The highest BCUT2D eigenvalue weighted by molar-refractivity contribution is 8.00. The Labute approximate surface area is 181 Å². The predicted octanol–water partition coefficient (Wildman–Crippen LogP) is 4.55. The number of amides is 1. The fourth-order valence-electron chi connectivity index (χ4n) is 2.84. The number of nitro groups is 1. The van der Waals surface area contributed by atoms with Crippen LogP contribution in [0.4, 0.5) is 11.4 Å². The number of carbonyl (C=O) groups is 1. The number of nitrogens with zero attached hydrogens (tertiary/aromatic N) is 4. The van der Waals surface area contributed by atoms with Gasteiger partial charge in [0.1, 0.15) is 0 Å². The highest BCUT2D eigenvalue weighted by Gasteiger charge is 2.23. The van der Waals surface area contributed by atoms with Gasteiger partial charge in [-0.25, -0.2) is 0 Å². The van der Waals surface area contributed by atoms with E-state index >= 15 is 0 Å². The van der Waals surface area contributed by atoms with Gasteiger partial charge >= 0.3 is 0 Å². The number of hydrogen-bond donors (Lipinski definition) is 1. The van der Waals surface area contributed by atoms with Gasteiger partial charge in [-0.2, -0.15) is 0 Å². The predicted molar refractivity (Wildman–Crippen MR) is 116 cm³/mol. The van der Waals surface area contributed by atoms with Crippen molar-refractivity contribution in [1.82, 2.24) is 14.8 Å². The van der Waals surface area contributed by atoms with Gasteiger partial charge in [-0.15, -0.1) is 10.2 Å². The summed E-state index contributed by atoms with van der Waals surface area (Å²) in [7, 11) is 0. The number of non-ortho nitro benzene ring substituents is 1. The zero-order valence-corrected chi connectivity index (χ0v) is 17.2. The van der Waals surface area contributed by atoms with Crippen molar-refractivity contribution in [2.75, 3.05) is 5.32 Å². The molecule has 0 aliphatic rings. The lowest BCUT2D eigenvalue weighted by Gasteiger charge is -2.13. The van der Waals surface area contributed by atoms with Crippen LogP contribution in [0.5, 0.6) is 0 Å². The molecule has 2 aromatic heterocycles. The van der Waals surface area contributed by atoms with Crippen molar-refractivity contribution < 1.29 is 14.1 Å². The van der Waals surface area contributed by atoms with Gasteiger partial charge in [0.15, 0.2) is 10.9 Å². The van der Waals surface area contributed by atoms with Gasteiger partial charge in [-0.05, 0) is 43.3 Å². The lowest BCUT2D eigenvalue weighted by Crippen LogP contribution is -2.22. The van der Waals surface area contributed by atoms with Crippen molar-refractivity contribution in [2.45, 2.75) is 17.3 Å². The third-order valence-corrected chi connectivity index (χ3v) is 5.43. The van der Waals surface area contributed by atoms with E-state index in [1.54, 1.807) is 25.3 Å². The molecule has 0 radical (unpaired) electrons. The van der Waals surface area contributed by atoms with Crippen molar-refractivity contribution in [2.24, 2.45) is 0 Å². The number of anilines is 1. The topological polar surface area (TPSA) is 116 Å². The zero-order chi connectivity index (χ0) is 21.8. The molecule has 0 aliphatic carbocycles. The van der Waals surface area contributed by atoms with Gasteiger partial charge in [0.25, 0.3) is 5.69 Å². The van der Waals surface area contributed by atoms with Crippen LogP contribution in [0.25, 0.3) is 17.3 Å². The molecule has 4 aromatic rings. The second-order valence-electron chi connectivity index (χ2n) is 6.51. The molecule has 4 rings (SSSR count). The minimum atomic E-state index is -0.508. The lowest BCUT2D eigenvalue weighted by molar-refractivity contribution is -0.384. The maximum atomic E-state index is 12.7. The Balaban J connectivity index is 1.56. The summed E-state index contributed by atoms with van der Waals surface area (Å²) >= 11 is 1.25. The van der Waals surface area contributed by atoms with E-state index in [9.17, 15) is 14.9 Å². The molecule has 0 bridgehead atoms. The van der Waals surface area contributed by atoms with E-state index in [2.05, 4.69) is 15.5 Å². The number of furan rings is 1. The Morgan fingerprint density at radius 2 is 1.84 bits per heavy atom. The third-order valence-electron chi connectivity index (χ3n) is 4.39. The van der Waals surface area contributed by atoms with Crippen molar-refractivity contribution in [1.29, 1.82) is 0 Å². The minimum absolute atomic E-state index is 0.0400. The van der Waals surface area contributed by atoms with Gasteiger partial charge in [-0.3, -0.25) is 19.5 Å². The molecule has 0 fully saturated rings. The van der Waals surface area contributed by atoms with Gasteiger partial charge in [-0.1, -0.05) is 30.0 Å². The van der Waals surface area contributed by atoms with E-state index in [0.717, 1.165) is 5.69 Å². The van der Waals surface area contributed by atoms with Crippen LogP contribution in [0, 0.1) is 10.1 Å². The van der Waals surface area contributed by atoms with Gasteiger partial charge in [0, 0.05) is 23.5 Å². The summed E-state index contributed by atoms with van der Waals surface area (Å²) < 4.78 is 7.33. The van der Waals surface area contributed by atoms with E-state index < -0.39 is 10.2 Å². The van der Waals surface area contributed by atoms with Crippen molar-refractivity contribution >= 4 is 29.0 Å². The van der Waals surface area contributed by atoms with Crippen LogP contribution in [-0.4, -0.2) is 30.8 Å². The number of nitrogens with one attached hydrogen (secondary N) is 1. The summed E-state index contributed by atoms with van der Waals surface area (Å²) in [6.45, 7) is 1.75. The van der Waals surface area contributed by atoms with Crippen LogP contribution >= 0.6 is 11.8 Å². The molecule has 156 valence electrons. The average molecular weight is 435 g/mol. The van der Waals surface area contributed by atoms with Crippen LogP contribution < -0.4 is 5.32 Å². The molecular weight excluding hydrogens is 418 g/mol. The van der Waals surface area contributed by atoms with E-state index in [0.29, 0.717) is 22.4 Å². The van der Waals surface area contributed by atoms with Gasteiger partial charge < -0.3 is 9.73 Å². The molecule has 10 heteroatoms. The number of thioether (sulfide) groups is 1. The largest absolute Gasteiger partial charge is 0.461 e. The van der Waals surface area contributed by atoms with Crippen LogP contribution in [-0.2, 0) is 4.79 Å². The maximum absolute atomic E-state index is 12.7. The Bertz CT molecular complexity index is 1190. The van der Waals surface area contributed by atoms with E-state index in [1.807, 2.05) is 34.9 Å². The monoisotopic (exact) mass is 435 g/mol. The van der Waals surface area contributed by atoms with Crippen molar-refractivity contribution in [3.63, 3.8) is 0 Å². The Hall–Kier alpha value is -3.92. The van der Waals surface area contributed by atoms with Crippen LogP contribution in [0.3, 0.4) is 0 Å². The molecule has 0 spiro atoms. The number of para-hydroxylation sites is 1. The molecule has 2 aromatic carbocycles. The van der Waals surface area contributed by atoms with Gasteiger partial charge in [0.2, 0.25) is 11.7 Å². The molecule has 0 saturated heterocycles. The molecule has 1 amide bonds. The van der Waals surface area contributed by atoms with Crippen LogP contribution in [0.2, 0.25) is 0 Å². The molecule has 0 saturated carbocycles. The maximum Gasteiger partial charge on any atom is 0.269 e. The second-order valence-corrected chi connectivity index (χ2v) is 7.82. The number of hydrogen-bond acceptors (Lipinski definition) is 7. The molecule has 0 unspecified atom stereocenters. The number of nitro benzene ring substituents is 1. The van der Waals surface area contributed by atoms with E-state index in [-0.39, 0.29) is 11.6 Å². The molecule has 1 atom stereocenters. The first-order valence-electron chi connectivity index (χ1n) is 9.29. The van der Waals surface area contributed by atoms with Crippen LogP contribution in [0.15, 0.2) is 82.6 Å². The SMILES string of the molecule is C[C@@H](Sc1nnc(-c2ccco2)n1-c1ccccc1)C(=O)Nc1ccc([N+](=O)[O-])cc1. The second kappa shape index (κ2) is 8.84. The Kier molecular flexibility index (Phi) is 5.80. The third kappa shape index (κ3) is 4.48. The summed E-state index contributed by atoms with van der Waals surface area (Å²) in [5, 5.41) is 22.1. The molecule has 31 heavy (non-hydrogen) atoms. The lowest BCUT2D eigenvalue weighted by atomic mass is 10.3. The van der Waals surface area contributed by atoms with Crippen molar-refractivity contribution in [3.05, 3.63) is 83.1 Å². The summed E-state index contributed by atoms with van der Waals surface area (Å²) in [6, 6.07) is 18.8. The quantitative estimate of drug-likeness (QED) is 0.257. The Morgan fingerprint density at radius 1 is 1.10 bits per heavy atom.